The van der Waals surface area contributed by atoms with E-state index in [4.69, 9.17) is 4.74 Å². The highest BCUT2D eigenvalue weighted by Gasteiger charge is 2.14. The molecule has 2 rings (SSSR count). The Bertz CT molecular complexity index is 652. The minimum absolute atomic E-state index is 0.0149. The number of benzene rings is 2. The van der Waals surface area contributed by atoms with E-state index >= 15 is 0 Å². The molecule has 1 atom stereocenters. The summed E-state index contributed by atoms with van der Waals surface area (Å²) in [6.45, 7) is 8.11. The van der Waals surface area contributed by atoms with E-state index < -0.39 is 0 Å². The Morgan fingerprint density at radius 1 is 1.05 bits per heavy atom. The van der Waals surface area contributed by atoms with E-state index in [1.54, 1.807) is 6.07 Å². The highest BCUT2D eigenvalue weighted by atomic mass is 19.1. The van der Waals surface area contributed by atoms with Gasteiger partial charge in [0.25, 0.3) is 0 Å². The molecular formula is C18H22FNO. The second-order valence-corrected chi connectivity index (χ2v) is 5.45. The summed E-state index contributed by atoms with van der Waals surface area (Å²) in [6.07, 6.45) is 0. The second-order valence-electron chi connectivity index (χ2n) is 5.45. The van der Waals surface area contributed by atoms with Crippen molar-refractivity contribution in [3.63, 3.8) is 0 Å². The zero-order chi connectivity index (χ0) is 15.6. The van der Waals surface area contributed by atoms with Gasteiger partial charge in [0, 0.05) is 11.6 Å². The molecule has 21 heavy (non-hydrogen) atoms. The van der Waals surface area contributed by atoms with E-state index in [1.807, 2.05) is 33.9 Å². The Kier molecular flexibility index (Phi) is 4.63. The number of nitrogens with one attached hydrogen (secondary N) is 1. The van der Waals surface area contributed by atoms with Gasteiger partial charge in [-0.15, -0.1) is 0 Å². The van der Waals surface area contributed by atoms with Crippen molar-refractivity contribution < 1.29 is 9.13 Å². The molecule has 0 aliphatic rings. The summed E-state index contributed by atoms with van der Waals surface area (Å²) in [7, 11) is 1.85. The van der Waals surface area contributed by atoms with E-state index in [0.717, 1.165) is 22.4 Å². The monoisotopic (exact) mass is 287 g/mol. The summed E-state index contributed by atoms with van der Waals surface area (Å²) in [5, 5.41) is 3.13. The Balaban J connectivity index is 2.47. The van der Waals surface area contributed by atoms with Gasteiger partial charge in [-0.2, -0.15) is 0 Å². The van der Waals surface area contributed by atoms with Gasteiger partial charge < -0.3 is 10.1 Å². The van der Waals surface area contributed by atoms with Crippen LogP contribution in [0.4, 0.5) is 4.39 Å². The molecule has 2 aromatic carbocycles. The molecule has 2 aromatic rings. The van der Waals surface area contributed by atoms with Crippen LogP contribution < -0.4 is 10.1 Å². The summed E-state index contributed by atoms with van der Waals surface area (Å²) >= 11 is 0. The van der Waals surface area contributed by atoms with Crippen molar-refractivity contribution in [3.8, 4) is 11.5 Å². The van der Waals surface area contributed by atoms with Crippen LogP contribution in [-0.4, -0.2) is 7.05 Å². The molecule has 0 fully saturated rings. The molecule has 1 N–H and O–H groups in total. The maximum Gasteiger partial charge on any atom is 0.133 e. The van der Waals surface area contributed by atoms with E-state index in [2.05, 4.69) is 18.3 Å². The molecular weight excluding hydrogens is 265 g/mol. The normalized spacial score (nSPS) is 12.3. The molecule has 0 aliphatic heterocycles. The van der Waals surface area contributed by atoms with Gasteiger partial charge in [0.05, 0.1) is 0 Å². The van der Waals surface area contributed by atoms with E-state index in [-0.39, 0.29) is 11.9 Å². The van der Waals surface area contributed by atoms with Gasteiger partial charge in [-0.05, 0) is 69.6 Å². The minimum atomic E-state index is -0.253. The highest BCUT2D eigenvalue weighted by molar-refractivity contribution is 5.48. The van der Waals surface area contributed by atoms with Gasteiger partial charge in [-0.1, -0.05) is 12.1 Å². The van der Waals surface area contributed by atoms with Crippen LogP contribution >= 0.6 is 0 Å². The summed E-state index contributed by atoms with van der Waals surface area (Å²) in [6, 6.07) is 8.79. The number of hydrogen-bond donors (Lipinski definition) is 1. The summed E-state index contributed by atoms with van der Waals surface area (Å²) in [5.41, 5.74) is 4.19. The molecule has 0 saturated heterocycles. The van der Waals surface area contributed by atoms with Crippen molar-refractivity contribution in [1.29, 1.82) is 0 Å². The molecule has 112 valence electrons. The van der Waals surface area contributed by atoms with Crippen molar-refractivity contribution in [1.82, 2.24) is 5.32 Å². The standard InChI is InChI=1S/C18H22FNO/c1-11-6-7-12(2)18(13(11)3)21-17-9-8-15(19)10-16(17)14(4)20-5/h6-10,14,20H,1-5H3. The Morgan fingerprint density at radius 3 is 2.38 bits per heavy atom. The van der Waals surface area contributed by atoms with Gasteiger partial charge in [-0.3, -0.25) is 0 Å². The molecule has 0 aromatic heterocycles. The SMILES string of the molecule is CNC(C)c1cc(F)ccc1Oc1c(C)ccc(C)c1C. The molecule has 0 heterocycles. The smallest absolute Gasteiger partial charge is 0.133 e. The fraction of sp³-hybridized carbons (Fsp3) is 0.333. The van der Waals surface area contributed by atoms with E-state index in [0.29, 0.717) is 5.75 Å². The number of hydrogen-bond acceptors (Lipinski definition) is 2. The first-order valence-electron chi connectivity index (χ1n) is 7.15. The van der Waals surface area contributed by atoms with Crippen LogP contribution in [0.5, 0.6) is 11.5 Å². The van der Waals surface area contributed by atoms with Crippen LogP contribution in [0.25, 0.3) is 0 Å². The lowest BCUT2D eigenvalue weighted by molar-refractivity contribution is 0.456. The zero-order valence-corrected chi connectivity index (χ0v) is 13.3. The average molecular weight is 287 g/mol. The zero-order valence-electron chi connectivity index (χ0n) is 13.3. The number of rotatable bonds is 4. The van der Waals surface area contributed by atoms with Crippen molar-refractivity contribution in [2.24, 2.45) is 0 Å². The van der Waals surface area contributed by atoms with Crippen LogP contribution in [0.1, 0.15) is 35.2 Å². The first kappa shape index (κ1) is 15.5. The number of ether oxygens (including phenoxy) is 1. The molecule has 0 spiro atoms. The Morgan fingerprint density at radius 2 is 1.71 bits per heavy atom. The van der Waals surface area contributed by atoms with Gasteiger partial charge in [0.15, 0.2) is 0 Å². The Hall–Kier alpha value is -1.87. The lowest BCUT2D eigenvalue weighted by Gasteiger charge is -2.19. The second kappa shape index (κ2) is 6.27. The topological polar surface area (TPSA) is 21.3 Å². The third kappa shape index (κ3) is 3.24. The molecule has 2 nitrogen and oxygen atoms in total. The van der Waals surface area contributed by atoms with Crippen LogP contribution in [0.3, 0.4) is 0 Å². The van der Waals surface area contributed by atoms with Gasteiger partial charge in [-0.25, -0.2) is 4.39 Å². The van der Waals surface area contributed by atoms with Crippen molar-refractivity contribution in [2.75, 3.05) is 7.05 Å². The van der Waals surface area contributed by atoms with Crippen molar-refractivity contribution in [3.05, 3.63) is 58.4 Å². The maximum absolute atomic E-state index is 13.5. The number of halogens is 1. The largest absolute Gasteiger partial charge is 0.456 e. The molecule has 0 amide bonds. The fourth-order valence-electron chi connectivity index (χ4n) is 2.30. The first-order chi connectivity index (χ1) is 9.93. The van der Waals surface area contributed by atoms with Gasteiger partial charge >= 0.3 is 0 Å². The average Bonchev–Trinajstić information content (AvgIpc) is 2.48. The first-order valence-corrected chi connectivity index (χ1v) is 7.15. The van der Waals surface area contributed by atoms with Crippen LogP contribution in [0.15, 0.2) is 30.3 Å². The summed E-state index contributed by atoms with van der Waals surface area (Å²) in [4.78, 5) is 0. The third-order valence-corrected chi connectivity index (χ3v) is 3.96. The highest BCUT2D eigenvalue weighted by Crippen LogP contribution is 2.34. The van der Waals surface area contributed by atoms with E-state index in [9.17, 15) is 4.39 Å². The van der Waals surface area contributed by atoms with Crippen LogP contribution in [-0.2, 0) is 0 Å². The van der Waals surface area contributed by atoms with Crippen LogP contribution in [0, 0.1) is 26.6 Å². The predicted octanol–water partition coefficient (Wildman–Crippen LogP) is 4.82. The molecule has 0 saturated carbocycles. The van der Waals surface area contributed by atoms with Crippen molar-refractivity contribution in [2.45, 2.75) is 33.7 Å². The molecule has 0 radical (unpaired) electrons. The van der Waals surface area contributed by atoms with E-state index in [1.165, 1.54) is 17.7 Å². The fourth-order valence-corrected chi connectivity index (χ4v) is 2.30. The molecule has 0 aliphatic carbocycles. The van der Waals surface area contributed by atoms with Gasteiger partial charge in [0.1, 0.15) is 17.3 Å². The van der Waals surface area contributed by atoms with Gasteiger partial charge in [0.2, 0.25) is 0 Å². The molecule has 3 heteroatoms. The lowest BCUT2D eigenvalue weighted by Crippen LogP contribution is -2.13. The minimum Gasteiger partial charge on any atom is -0.456 e. The summed E-state index contributed by atoms with van der Waals surface area (Å²) in [5.74, 6) is 1.29. The predicted molar refractivity (Wildman–Crippen MR) is 84.6 cm³/mol. The quantitative estimate of drug-likeness (QED) is 0.870. The Labute approximate surface area is 126 Å². The molecule has 0 bridgehead atoms. The van der Waals surface area contributed by atoms with Crippen LogP contribution in [0.2, 0.25) is 0 Å². The number of aryl methyl sites for hydroxylation is 2. The third-order valence-electron chi connectivity index (χ3n) is 3.96. The molecule has 1 unspecified atom stereocenters. The van der Waals surface area contributed by atoms with Crippen molar-refractivity contribution >= 4 is 0 Å². The maximum atomic E-state index is 13.5. The lowest BCUT2D eigenvalue weighted by atomic mass is 10.0. The summed E-state index contributed by atoms with van der Waals surface area (Å²) < 4.78 is 19.6.